The summed E-state index contributed by atoms with van der Waals surface area (Å²) in [6.45, 7) is 0. The molecule has 1 heterocycles. The lowest BCUT2D eigenvalue weighted by Crippen LogP contribution is -2.08. The predicted octanol–water partition coefficient (Wildman–Crippen LogP) is 3.64. The smallest absolute Gasteiger partial charge is 0.337 e. The van der Waals surface area contributed by atoms with Gasteiger partial charge in [0.25, 0.3) is 0 Å². The number of carboxylic acid groups (broad SMARTS) is 1. The van der Waals surface area contributed by atoms with Gasteiger partial charge in [0.1, 0.15) is 0 Å². The van der Waals surface area contributed by atoms with Crippen molar-refractivity contribution in [3.63, 3.8) is 0 Å². The Morgan fingerprint density at radius 3 is 2.21 bits per heavy atom. The van der Waals surface area contributed by atoms with Crippen molar-refractivity contribution in [2.75, 3.05) is 5.43 Å². The zero-order valence-corrected chi connectivity index (χ0v) is 12.8. The first-order valence-electron chi connectivity index (χ1n) is 7.37. The Hall–Kier alpha value is -3.47. The van der Waals surface area contributed by atoms with Gasteiger partial charge in [-0.2, -0.15) is 5.10 Å². The average Bonchev–Trinajstić information content (AvgIpc) is 2.64. The molecule has 0 bridgehead atoms. The van der Waals surface area contributed by atoms with Gasteiger partial charge in [-0.25, -0.2) is 4.79 Å². The number of aromatic carboxylic acids is 1. The first kappa shape index (κ1) is 15.4. The van der Waals surface area contributed by atoms with E-state index >= 15 is 0 Å². The van der Waals surface area contributed by atoms with E-state index in [9.17, 15) is 9.90 Å². The second-order valence-corrected chi connectivity index (χ2v) is 5.02. The highest BCUT2D eigenvalue weighted by Gasteiger charge is 2.10. The Bertz CT molecular complexity index is 821. The quantitative estimate of drug-likeness (QED) is 0.556. The molecule has 5 nitrogen and oxygen atoms in total. The number of pyridine rings is 1. The van der Waals surface area contributed by atoms with Crippen LogP contribution < -0.4 is 5.43 Å². The van der Waals surface area contributed by atoms with Crippen molar-refractivity contribution < 1.29 is 9.90 Å². The minimum Gasteiger partial charge on any atom is -0.478 e. The average molecular weight is 317 g/mol. The fourth-order valence-corrected chi connectivity index (χ4v) is 2.28. The topological polar surface area (TPSA) is 74.6 Å². The number of nitrogens with zero attached hydrogens (tertiary/aromatic N) is 2. The van der Waals surface area contributed by atoms with Crippen LogP contribution in [-0.2, 0) is 0 Å². The van der Waals surface area contributed by atoms with Crippen LogP contribution >= 0.6 is 0 Å². The molecule has 118 valence electrons. The van der Waals surface area contributed by atoms with E-state index in [1.54, 1.807) is 30.6 Å². The van der Waals surface area contributed by atoms with Crippen LogP contribution in [0.5, 0.6) is 0 Å². The van der Waals surface area contributed by atoms with Crippen LogP contribution in [0.2, 0.25) is 0 Å². The SMILES string of the molecule is O=C(O)c1ccccc1N/N=C(/c1ccccc1)c1ccncc1. The van der Waals surface area contributed by atoms with Crippen molar-refractivity contribution in [1.29, 1.82) is 0 Å². The van der Waals surface area contributed by atoms with Gasteiger partial charge < -0.3 is 5.11 Å². The number of hydrazone groups is 1. The maximum Gasteiger partial charge on any atom is 0.337 e. The largest absolute Gasteiger partial charge is 0.478 e. The molecule has 1 aromatic heterocycles. The van der Waals surface area contributed by atoms with Gasteiger partial charge in [0.2, 0.25) is 0 Å². The zero-order chi connectivity index (χ0) is 16.8. The van der Waals surface area contributed by atoms with E-state index in [-0.39, 0.29) is 5.56 Å². The molecule has 2 aromatic carbocycles. The van der Waals surface area contributed by atoms with Crippen LogP contribution in [-0.4, -0.2) is 21.8 Å². The molecule has 0 atom stereocenters. The molecule has 3 rings (SSSR count). The van der Waals surface area contributed by atoms with E-state index in [0.29, 0.717) is 11.4 Å². The fraction of sp³-hybridized carbons (Fsp3) is 0. The first-order valence-corrected chi connectivity index (χ1v) is 7.37. The molecule has 0 saturated heterocycles. The molecule has 5 heteroatoms. The summed E-state index contributed by atoms with van der Waals surface area (Å²) in [5.41, 5.74) is 6.00. The molecule has 0 aliphatic heterocycles. The molecule has 0 aliphatic rings. The summed E-state index contributed by atoms with van der Waals surface area (Å²) in [5, 5.41) is 13.7. The molecule has 0 saturated carbocycles. The normalized spacial score (nSPS) is 11.1. The lowest BCUT2D eigenvalue weighted by Gasteiger charge is -2.09. The van der Waals surface area contributed by atoms with Crippen LogP contribution in [0.4, 0.5) is 5.69 Å². The molecule has 0 amide bonds. The van der Waals surface area contributed by atoms with Crippen molar-refractivity contribution >= 4 is 17.4 Å². The molecule has 24 heavy (non-hydrogen) atoms. The van der Waals surface area contributed by atoms with Crippen LogP contribution in [0, 0.1) is 0 Å². The number of benzene rings is 2. The van der Waals surface area contributed by atoms with Crippen molar-refractivity contribution in [2.45, 2.75) is 0 Å². The van der Waals surface area contributed by atoms with E-state index in [4.69, 9.17) is 0 Å². The summed E-state index contributed by atoms with van der Waals surface area (Å²) in [7, 11) is 0. The number of hydrogen-bond donors (Lipinski definition) is 2. The van der Waals surface area contributed by atoms with Crippen molar-refractivity contribution in [2.24, 2.45) is 5.10 Å². The number of aromatic nitrogens is 1. The van der Waals surface area contributed by atoms with Gasteiger partial charge in [0.15, 0.2) is 0 Å². The summed E-state index contributed by atoms with van der Waals surface area (Å²) >= 11 is 0. The minimum absolute atomic E-state index is 0.170. The second kappa shape index (κ2) is 7.19. The molecule has 0 spiro atoms. The van der Waals surface area contributed by atoms with Crippen LogP contribution in [0.15, 0.2) is 84.2 Å². The molecule has 2 N–H and O–H groups in total. The molecule has 3 aromatic rings. The summed E-state index contributed by atoms with van der Waals surface area (Å²) in [6, 6.07) is 20.1. The number of carbonyl (C=O) groups is 1. The summed E-state index contributed by atoms with van der Waals surface area (Å²) in [5.74, 6) is -1.00. The van der Waals surface area contributed by atoms with Crippen LogP contribution in [0.1, 0.15) is 21.5 Å². The third-order valence-electron chi connectivity index (χ3n) is 3.45. The lowest BCUT2D eigenvalue weighted by molar-refractivity contribution is 0.0698. The molecule has 0 unspecified atom stereocenters. The van der Waals surface area contributed by atoms with Crippen LogP contribution in [0.25, 0.3) is 0 Å². The predicted molar refractivity (Wildman–Crippen MR) is 93.3 cm³/mol. The fourth-order valence-electron chi connectivity index (χ4n) is 2.28. The van der Waals surface area contributed by atoms with Gasteiger partial charge >= 0.3 is 5.97 Å². The molecule has 0 fully saturated rings. The Balaban J connectivity index is 2.01. The van der Waals surface area contributed by atoms with Gasteiger partial charge in [0, 0.05) is 23.5 Å². The number of hydrogen-bond acceptors (Lipinski definition) is 4. The monoisotopic (exact) mass is 317 g/mol. The third kappa shape index (κ3) is 3.47. The molecular weight excluding hydrogens is 302 g/mol. The number of para-hydroxylation sites is 1. The second-order valence-electron chi connectivity index (χ2n) is 5.02. The minimum atomic E-state index is -1.00. The molecular formula is C19H15N3O2. The summed E-state index contributed by atoms with van der Waals surface area (Å²) < 4.78 is 0. The van der Waals surface area contributed by atoms with E-state index in [1.807, 2.05) is 42.5 Å². The van der Waals surface area contributed by atoms with Gasteiger partial charge in [0.05, 0.1) is 17.0 Å². The van der Waals surface area contributed by atoms with E-state index in [1.165, 1.54) is 6.07 Å². The number of rotatable bonds is 5. The van der Waals surface area contributed by atoms with E-state index < -0.39 is 5.97 Å². The van der Waals surface area contributed by atoms with Crippen molar-refractivity contribution in [1.82, 2.24) is 4.98 Å². The third-order valence-corrected chi connectivity index (χ3v) is 3.45. The van der Waals surface area contributed by atoms with Crippen LogP contribution in [0.3, 0.4) is 0 Å². The highest BCUT2D eigenvalue weighted by molar-refractivity contribution is 6.13. The number of nitrogens with one attached hydrogen (secondary N) is 1. The zero-order valence-electron chi connectivity index (χ0n) is 12.8. The van der Waals surface area contributed by atoms with Gasteiger partial charge in [-0.15, -0.1) is 0 Å². The molecule has 0 radical (unpaired) electrons. The lowest BCUT2D eigenvalue weighted by atomic mass is 10.0. The maximum absolute atomic E-state index is 11.3. The van der Waals surface area contributed by atoms with E-state index in [2.05, 4.69) is 15.5 Å². The Kier molecular flexibility index (Phi) is 4.62. The van der Waals surface area contributed by atoms with Gasteiger partial charge in [-0.05, 0) is 24.3 Å². The van der Waals surface area contributed by atoms with E-state index in [0.717, 1.165) is 11.1 Å². The Morgan fingerprint density at radius 1 is 0.875 bits per heavy atom. The van der Waals surface area contributed by atoms with Crippen molar-refractivity contribution in [3.8, 4) is 0 Å². The molecule has 0 aliphatic carbocycles. The van der Waals surface area contributed by atoms with Gasteiger partial charge in [-0.1, -0.05) is 42.5 Å². The Morgan fingerprint density at radius 2 is 1.50 bits per heavy atom. The first-order chi connectivity index (χ1) is 11.8. The Labute approximate surface area is 139 Å². The standard InChI is InChI=1S/C19H15N3O2/c23-19(24)16-8-4-5-9-17(16)21-22-18(14-6-2-1-3-7-14)15-10-12-20-13-11-15/h1-13,21H,(H,23,24)/b22-18-. The highest BCUT2D eigenvalue weighted by Crippen LogP contribution is 2.16. The maximum atomic E-state index is 11.3. The summed E-state index contributed by atoms with van der Waals surface area (Å²) in [4.78, 5) is 15.3. The number of anilines is 1. The number of carboxylic acids is 1. The highest BCUT2D eigenvalue weighted by atomic mass is 16.4. The van der Waals surface area contributed by atoms with Gasteiger partial charge in [-0.3, -0.25) is 10.4 Å². The summed E-state index contributed by atoms with van der Waals surface area (Å²) in [6.07, 6.45) is 3.39. The van der Waals surface area contributed by atoms with Crippen molar-refractivity contribution in [3.05, 3.63) is 95.8 Å².